The number of aromatic nitrogens is 1. The van der Waals surface area contributed by atoms with Gasteiger partial charge < -0.3 is 10.5 Å². The molecule has 0 aliphatic carbocycles. The summed E-state index contributed by atoms with van der Waals surface area (Å²) in [5, 5.41) is 0. The highest BCUT2D eigenvalue weighted by Crippen LogP contribution is 2.27. The summed E-state index contributed by atoms with van der Waals surface area (Å²) in [7, 11) is 1.38. The van der Waals surface area contributed by atoms with Gasteiger partial charge in [0.1, 0.15) is 22.9 Å². The van der Waals surface area contributed by atoms with Crippen molar-refractivity contribution < 1.29 is 13.9 Å². The molecule has 2 N–H and O–H groups in total. The largest absolute Gasteiger partial charge is 0.496 e. The van der Waals surface area contributed by atoms with E-state index in [9.17, 15) is 9.18 Å². The molecule has 0 amide bonds. The predicted octanol–water partition coefficient (Wildman–Crippen LogP) is 2.35. The van der Waals surface area contributed by atoms with Gasteiger partial charge in [0.15, 0.2) is 0 Å². The third-order valence-corrected chi connectivity index (χ3v) is 2.84. The molecule has 0 spiro atoms. The second kappa shape index (κ2) is 5.06. The average molecular weight is 260 g/mol. The van der Waals surface area contributed by atoms with Gasteiger partial charge in [-0.1, -0.05) is 6.07 Å². The van der Waals surface area contributed by atoms with E-state index in [0.717, 1.165) is 0 Å². The Morgan fingerprint density at radius 2 is 2.05 bits per heavy atom. The first-order valence-electron chi connectivity index (χ1n) is 5.64. The van der Waals surface area contributed by atoms with Crippen molar-refractivity contribution in [3.63, 3.8) is 0 Å². The number of pyridine rings is 1. The van der Waals surface area contributed by atoms with Gasteiger partial charge in [0.25, 0.3) is 0 Å². The van der Waals surface area contributed by atoms with Crippen LogP contribution < -0.4 is 10.5 Å². The van der Waals surface area contributed by atoms with Crippen LogP contribution in [-0.4, -0.2) is 17.9 Å². The Hall–Kier alpha value is -2.43. The summed E-state index contributed by atoms with van der Waals surface area (Å²) in [6.07, 6.45) is 1.50. The maximum atomic E-state index is 13.9. The van der Waals surface area contributed by atoms with Crippen molar-refractivity contribution >= 4 is 11.6 Å². The lowest BCUT2D eigenvalue weighted by molar-refractivity contribution is 0.103. The summed E-state index contributed by atoms with van der Waals surface area (Å²) < 4.78 is 18.9. The minimum Gasteiger partial charge on any atom is -0.496 e. The first-order valence-corrected chi connectivity index (χ1v) is 5.64. The Morgan fingerprint density at radius 1 is 1.32 bits per heavy atom. The molecule has 0 fully saturated rings. The van der Waals surface area contributed by atoms with Crippen LogP contribution >= 0.6 is 0 Å². The molecule has 0 saturated carbocycles. The van der Waals surface area contributed by atoms with Gasteiger partial charge >= 0.3 is 0 Å². The van der Waals surface area contributed by atoms with Crippen molar-refractivity contribution in [2.75, 3.05) is 12.8 Å². The Bertz CT molecular complexity index is 621. The normalized spacial score (nSPS) is 10.3. The van der Waals surface area contributed by atoms with Crippen LogP contribution in [0.2, 0.25) is 0 Å². The zero-order valence-electron chi connectivity index (χ0n) is 10.6. The van der Waals surface area contributed by atoms with Gasteiger partial charge in [0.2, 0.25) is 5.78 Å². The van der Waals surface area contributed by atoms with Gasteiger partial charge in [-0.25, -0.2) is 9.37 Å². The van der Waals surface area contributed by atoms with Gasteiger partial charge in [-0.3, -0.25) is 4.79 Å². The summed E-state index contributed by atoms with van der Waals surface area (Å²) in [6.45, 7) is 1.72. The van der Waals surface area contributed by atoms with Gasteiger partial charge in [-0.05, 0) is 30.7 Å². The number of rotatable bonds is 3. The minimum atomic E-state index is -0.646. The van der Waals surface area contributed by atoms with Gasteiger partial charge in [0, 0.05) is 6.20 Å². The topological polar surface area (TPSA) is 65.2 Å². The fourth-order valence-electron chi connectivity index (χ4n) is 1.89. The van der Waals surface area contributed by atoms with Crippen molar-refractivity contribution in [3.05, 3.63) is 53.0 Å². The fraction of sp³-hybridized carbons (Fsp3) is 0.143. The Kier molecular flexibility index (Phi) is 3.46. The lowest BCUT2D eigenvalue weighted by atomic mass is 9.99. The summed E-state index contributed by atoms with van der Waals surface area (Å²) >= 11 is 0. The monoisotopic (exact) mass is 260 g/mol. The zero-order chi connectivity index (χ0) is 14.0. The molecule has 0 unspecified atom stereocenters. The number of nitrogen functional groups attached to an aromatic ring is 1. The lowest BCUT2D eigenvalue weighted by Gasteiger charge is -2.11. The number of hydrogen-bond acceptors (Lipinski definition) is 4. The van der Waals surface area contributed by atoms with Crippen LogP contribution in [0.3, 0.4) is 0 Å². The quantitative estimate of drug-likeness (QED) is 0.860. The number of ether oxygens (including phenoxy) is 1. The van der Waals surface area contributed by atoms with Crippen molar-refractivity contribution in [3.8, 4) is 5.75 Å². The summed E-state index contributed by atoms with van der Waals surface area (Å²) in [6, 6.07) is 5.86. The number of nitrogens with zero attached hydrogens (tertiary/aromatic N) is 1. The molecule has 1 aromatic heterocycles. The van der Waals surface area contributed by atoms with E-state index in [1.54, 1.807) is 13.0 Å². The van der Waals surface area contributed by atoms with E-state index in [-0.39, 0.29) is 22.7 Å². The van der Waals surface area contributed by atoms with Gasteiger partial charge in [-0.15, -0.1) is 0 Å². The molecule has 19 heavy (non-hydrogen) atoms. The molecule has 0 radical (unpaired) electrons. The van der Waals surface area contributed by atoms with E-state index in [1.165, 1.54) is 31.5 Å². The first kappa shape index (κ1) is 13.0. The molecule has 2 aromatic rings. The third-order valence-electron chi connectivity index (χ3n) is 2.84. The molecule has 0 aliphatic heterocycles. The number of anilines is 1. The second-order valence-electron chi connectivity index (χ2n) is 4.03. The standard InChI is InChI=1S/C14H13FN2O2/c1-8-6-7-17-14(16)11(8)13(18)12-9(15)4-3-5-10(12)19-2/h3-7H,1-2H3,(H2,16,17). The highest BCUT2D eigenvalue weighted by Gasteiger charge is 2.22. The van der Waals surface area contributed by atoms with Gasteiger partial charge in [-0.2, -0.15) is 0 Å². The van der Waals surface area contributed by atoms with Crippen LogP contribution in [-0.2, 0) is 0 Å². The van der Waals surface area contributed by atoms with Crippen LogP contribution in [0.5, 0.6) is 5.75 Å². The Labute approximate surface area is 110 Å². The van der Waals surface area contributed by atoms with E-state index >= 15 is 0 Å². The number of hydrogen-bond donors (Lipinski definition) is 1. The molecule has 5 heteroatoms. The SMILES string of the molecule is COc1cccc(F)c1C(=O)c1c(C)ccnc1N. The number of nitrogens with two attached hydrogens (primary N) is 1. The summed E-state index contributed by atoms with van der Waals surface area (Å²) in [5.41, 5.74) is 6.42. The van der Waals surface area contributed by atoms with Crippen LogP contribution in [0.25, 0.3) is 0 Å². The molecule has 0 bridgehead atoms. The van der Waals surface area contributed by atoms with Crippen LogP contribution in [0.4, 0.5) is 10.2 Å². The van der Waals surface area contributed by atoms with Crippen LogP contribution in [0.15, 0.2) is 30.5 Å². The van der Waals surface area contributed by atoms with E-state index in [1.807, 2.05) is 0 Å². The van der Waals surface area contributed by atoms with E-state index in [4.69, 9.17) is 10.5 Å². The number of halogens is 1. The molecule has 2 rings (SSSR count). The van der Waals surface area contributed by atoms with Crippen molar-refractivity contribution in [1.29, 1.82) is 0 Å². The lowest BCUT2D eigenvalue weighted by Crippen LogP contribution is -2.12. The molecule has 0 aliphatic rings. The maximum Gasteiger partial charge on any atom is 0.203 e. The molecule has 98 valence electrons. The average Bonchev–Trinajstić information content (AvgIpc) is 2.37. The van der Waals surface area contributed by atoms with Crippen LogP contribution in [0, 0.1) is 12.7 Å². The molecule has 1 heterocycles. The first-order chi connectivity index (χ1) is 9.06. The number of carbonyl (C=O) groups is 1. The predicted molar refractivity (Wildman–Crippen MR) is 69.8 cm³/mol. The number of ketones is 1. The van der Waals surface area contributed by atoms with E-state index in [2.05, 4.69) is 4.98 Å². The van der Waals surface area contributed by atoms with Gasteiger partial charge in [0.05, 0.1) is 12.7 Å². The fourth-order valence-corrected chi connectivity index (χ4v) is 1.89. The van der Waals surface area contributed by atoms with Crippen molar-refractivity contribution in [2.24, 2.45) is 0 Å². The smallest absolute Gasteiger partial charge is 0.203 e. The number of methoxy groups -OCH3 is 1. The Balaban J connectivity index is 2.63. The zero-order valence-corrected chi connectivity index (χ0v) is 10.6. The third kappa shape index (κ3) is 2.27. The Morgan fingerprint density at radius 3 is 2.68 bits per heavy atom. The maximum absolute atomic E-state index is 13.9. The van der Waals surface area contributed by atoms with Crippen molar-refractivity contribution in [2.45, 2.75) is 6.92 Å². The van der Waals surface area contributed by atoms with Crippen LogP contribution in [0.1, 0.15) is 21.5 Å². The van der Waals surface area contributed by atoms with E-state index < -0.39 is 11.6 Å². The number of benzene rings is 1. The summed E-state index contributed by atoms with van der Waals surface area (Å²) in [4.78, 5) is 16.3. The van der Waals surface area contributed by atoms with E-state index in [0.29, 0.717) is 5.56 Å². The summed E-state index contributed by atoms with van der Waals surface area (Å²) in [5.74, 6) is -0.923. The highest BCUT2D eigenvalue weighted by atomic mass is 19.1. The molecular weight excluding hydrogens is 247 g/mol. The molecule has 4 nitrogen and oxygen atoms in total. The minimum absolute atomic E-state index is 0.0790. The second-order valence-corrected chi connectivity index (χ2v) is 4.03. The highest BCUT2D eigenvalue weighted by molar-refractivity contribution is 6.14. The number of aryl methyl sites for hydroxylation is 1. The molecular formula is C14H13FN2O2. The molecule has 0 atom stereocenters. The number of carbonyl (C=O) groups excluding carboxylic acids is 1. The molecule has 1 aromatic carbocycles. The molecule has 0 saturated heterocycles. The van der Waals surface area contributed by atoms with Crippen molar-refractivity contribution in [1.82, 2.24) is 4.98 Å².